The largest absolute Gasteiger partial charge is 0.456 e. The molecule has 238 valence electrons. The molecule has 11 rings (SSSR count). The maximum atomic E-state index is 6.59. The molecule has 0 aliphatic heterocycles. The van der Waals surface area contributed by atoms with Crippen LogP contribution in [0.15, 0.2) is 186 Å². The van der Waals surface area contributed by atoms with E-state index in [1.807, 2.05) is 0 Å². The van der Waals surface area contributed by atoms with Crippen LogP contribution in [-0.4, -0.2) is 9.13 Å². The minimum absolute atomic E-state index is 0.875. The molecule has 51 heavy (non-hydrogen) atoms. The van der Waals surface area contributed by atoms with Crippen molar-refractivity contribution in [1.29, 1.82) is 0 Å². The van der Waals surface area contributed by atoms with Crippen molar-refractivity contribution in [2.75, 3.05) is 0 Å². The lowest BCUT2D eigenvalue weighted by atomic mass is 9.99. The first-order valence-electron chi connectivity index (χ1n) is 17.4. The number of nitrogens with zero attached hydrogens (tertiary/aromatic N) is 2. The fourth-order valence-electron chi connectivity index (χ4n) is 8.25. The Hall–Kier alpha value is -6.84. The molecule has 11 aromatic rings. The third-order valence-corrected chi connectivity index (χ3v) is 10.5. The van der Waals surface area contributed by atoms with Crippen LogP contribution in [0.2, 0.25) is 0 Å². The highest BCUT2D eigenvalue weighted by Gasteiger charge is 2.18. The summed E-state index contributed by atoms with van der Waals surface area (Å²) in [6, 6.07) is 65.4. The summed E-state index contributed by atoms with van der Waals surface area (Å²) in [6.07, 6.45) is 0. The fourth-order valence-corrected chi connectivity index (χ4v) is 8.25. The van der Waals surface area contributed by atoms with E-state index in [2.05, 4.69) is 191 Å². The molecular weight excluding hydrogens is 621 g/mol. The normalized spacial score (nSPS) is 11.9. The molecule has 0 fully saturated rings. The van der Waals surface area contributed by atoms with Crippen molar-refractivity contribution in [3.05, 3.63) is 182 Å². The second-order valence-electron chi connectivity index (χ2n) is 13.3. The van der Waals surface area contributed by atoms with E-state index in [4.69, 9.17) is 4.42 Å². The summed E-state index contributed by atoms with van der Waals surface area (Å²) in [7, 11) is 0. The van der Waals surface area contributed by atoms with Crippen LogP contribution < -0.4 is 0 Å². The number of rotatable bonds is 4. The highest BCUT2D eigenvalue weighted by Crippen LogP contribution is 2.41. The van der Waals surface area contributed by atoms with Crippen molar-refractivity contribution in [3.63, 3.8) is 0 Å². The standard InChI is InChI=1S/C48H30N2O/c1-3-12-31(13-4-1)33-22-26-44-40(28-33)37-16-7-9-19-42(37)49(44)35-23-25-38-41-29-34(24-27-46(41)51-47(38)30-35)50-43-20-10-8-17-39(43)48-36(18-11-21-45(48)50)32-14-5-2-6-15-32/h1-30H. The number of para-hydroxylation sites is 2. The van der Waals surface area contributed by atoms with Crippen LogP contribution in [0, 0.1) is 0 Å². The molecule has 3 heteroatoms. The lowest BCUT2D eigenvalue weighted by Crippen LogP contribution is -1.94. The quantitative estimate of drug-likeness (QED) is 0.186. The average Bonchev–Trinajstić information content (AvgIpc) is 3.85. The zero-order valence-electron chi connectivity index (χ0n) is 27.6. The van der Waals surface area contributed by atoms with E-state index in [-0.39, 0.29) is 0 Å². The zero-order valence-corrected chi connectivity index (χ0v) is 27.6. The Bertz CT molecular complexity index is 3130. The van der Waals surface area contributed by atoms with Crippen molar-refractivity contribution in [1.82, 2.24) is 9.13 Å². The maximum absolute atomic E-state index is 6.59. The van der Waals surface area contributed by atoms with Crippen LogP contribution in [0.1, 0.15) is 0 Å². The summed E-state index contributed by atoms with van der Waals surface area (Å²) in [5.74, 6) is 0. The van der Waals surface area contributed by atoms with Crippen molar-refractivity contribution >= 4 is 65.6 Å². The Morgan fingerprint density at radius 2 is 0.941 bits per heavy atom. The first-order valence-corrected chi connectivity index (χ1v) is 17.4. The van der Waals surface area contributed by atoms with E-state index in [1.54, 1.807) is 0 Å². The summed E-state index contributed by atoms with van der Waals surface area (Å²) in [6.45, 7) is 0. The monoisotopic (exact) mass is 650 g/mol. The Morgan fingerprint density at radius 1 is 0.314 bits per heavy atom. The molecule has 3 heterocycles. The zero-order chi connectivity index (χ0) is 33.5. The summed E-state index contributed by atoms with van der Waals surface area (Å²) >= 11 is 0. The minimum atomic E-state index is 0.875. The molecule has 0 spiro atoms. The van der Waals surface area contributed by atoms with Gasteiger partial charge in [0, 0.05) is 49.8 Å². The highest BCUT2D eigenvalue weighted by molar-refractivity contribution is 6.16. The van der Waals surface area contributed by atoms with E-state index >= 15 is 0 Å². The van der Waals surface area contributed by atoms with Gasteiger partial charge < -0.3 is 13.6 Å². The summed E-state index contributed by atoms with van der Waals surface area (Å²) < 4.78 is 11.3. The van der Waals surface area contributed by atoms with E-state index in [1.165, 1.54) is 65.9 Å². The molecule has 0 amide bonds. The molecule has 0 aliphatic carbocycles. The smallest absolute Gasteiger partial charge is 0.137 e. The van der Waals surface area contributed by atoms with Gasteiger partial charge in [-0.15, -0.1) is 0 Å². The third-order valence-electron chi connectivity index (χ3n) is 10.5. The number of benzene rings is 8. The predicted octanol–water partition coefficient (Wildman–Crippen LogP) is 13.1. The number of fused-ring (bicyclic) bond motifs is 9. The highest BCUT2D eigenvalue weighted by atomic mass is 16.3. The van der Waals surface area contributed by atoms with E-state index in [0.717, 1.165) is 33.3 Å². The molecule has 3 nitrogen and oxygen atoms in total. The second-order valence-corrected chi connectivity index (χ2v) is 13.3. The number of hydrogen-bond acceptors (Lipinski definition) is 1. The van der Waals surface area contributed by atoms with E-state index in [0.29, 0.717) is 0 Å². The molecule has 0 radical (unpaired) electrons. The molecule has 0 unspecified atom stereocenters. The number of aromatic nitrogens is 2. The number of furan rings is 1. The second kappa shape index (κ2) is 10.8. The SMILES string of the molecule is c1ccc(-c2ccc3c(c2)c2ccccc2n3-c2ccc3c(c2)oc2ccc(-n4c5ccccc5c5c(-c6ccccc6)cccc54)cc23)cc1. The molecular formula is C48H30N2O. The van der Waals surface area contributed by atoms with E-state index in [9.17, 15) is 0 Å². The number of hydrogen-bond donors (Lipinski definition) is 0. The molecule has 0 atom stereocenters. The molecule has 3 aromatic heterocycles. The Balaban J connectivity index is 1.08. The molecule has 0 bridgehead atoms. The van der Waals surface area contributed by atoms with Crippen molar-refractivity contribution in [2.24, 2.45) is 0 Å². The van der Waals surface area contributed by atoms with Crippen molar-refractivity contribution in [3.8, 4) is 33.6 Å². The molecule has 0 N–H and O–H groups in total. The van der Waals surface area contributed by atoms with Crippen LogP contribution in [-0.2, 0) is 0 Å². The fraction of sp³-hybridized carbons (Fsp3) is 0. The first-order chi connectivity index (χ1) is 25.3. The third kappa shape index (κ3) is 4.19. The van der Waals surface area contributed by atoms with Gasteiger partial charge in [0.2, 0.25) is 0 Å². The summed E-state index contributed by atoms with van der Waals surface area (Å²) in [4.78, 5) is 0. The summed E-state index contributed by atoms with van der Waals surface area (Å²) in [5.41, 5.74) is 13.6. The van der Waals surface area contributed by atoms with Gasteiger partial charge in [0.1, 0.15) is 11.2 Å². The van der Waals surface area contributed by atoms with Gasteiger partial charge in [-0.2, -0.15) is 0 Å². The van der Waals surface area contributed by atoms with Crippen LogP contribution >= 0.6 is 0 Å². The van der Waals surface area contributed by atoms with Crippen molar-refractivity contribution < 1.29 is 4.42 Å². The molecule has 0 saturated carbocycles. The van der Waals surface area contributed by atoms with Crippen LogP contribution in [0.25, 0.3) is 99.2 Å². The van der Waals surface area contributed by atoms with Gasteiger partial charge in [-0.1, -0.05) is 115 Å². The topological polar surface area (TPSA) is 23.0 Å². The average molecular weight is 651 g/mol. The van der Waals surface area contributed by atoms with Gasteiger partial charge >= 0.3 is 0 Å². The van der Waals surface area contributed by atoms with Gasteiger partial charge in [-0.25, -0.2) is 0 Å². The Kier molecular flexibility index (Phi) is 5.96. The Labute approximate surface area is 293 Å². The van der Waals surface area contributed by atoms with Gasteiger partial charge in [0.25, 0.3) is 0 Å². The van der Waals surface area contributed by atoms with Gasteiger partial charge in [-0.05, 0) is 82.9 Å². The van der Waals surface area contributed by atoms with Crippen LogP contribution in [0.5, 0.6) is 0 Å². The van der Waals surface area contributed by atoms with Gasteiger partial charge in [-0.3, -0.25) is 0 Å². The van der Waals surface area contributed by atoms with Crippen LogP contribution in [0.3, 0.4) is 0 Å². The maximum Gasteiger partial charge on any atom is 0.137 e. The van der Waals surface area contributed by atoms with Gasteiger partial charge in [0.15, 0.2) is 0 Å². The lowest BCUT2D eigenvalue weighted by Gasteiger charge is -2.09. The first kappa shape index (κ1) is 28.0. The minimum Gasteiger partial charge on any atom is -0.456 e. The molecule has 0 aliphatic rings. The molecule has 8 aromatic carbocycles. The van der Waals surface area contributed by atoms with E-state index < -0.39 is 0 Å². The Morgan fingerprint density at radius 3 is 1.76 bits per heavy atom. The van der Waals surface area contributed by atoms with Crippen molar-refractivity contribution in [2.45, 2.75) is 0 Å². The predicted molar refractivity (Wildman–Crippen MR) is 213 cm³/mol. The molecule has 0 saturated heterocycles. The summed E-state index contributed by atoms with van der Waals surface area (Å²) in [5, 5.41) is 7.20. The lowest BCUT2D eigenvalue weighted by molar-refractivity contribution is 0.668. The van der Waals surface area contributed by atoms with Gasteiger partial charge in [0.05, 0.1) is 22.1 Å². The van der Waals surface area contributed by atoms with Crippen LogP contribution in [0.4, 0.5) is 0 Å².